The van der Waals surface area contributed by atoms with E-state index in [1.807, 2.05) is 0 Å². The number of Topliss-reactive ketones (excluding diaryl/α,β-unsaturated/α-hetero) is 2. The maximum absolute atomic E-state index is 14.3. The van der Waals surface area contributed by atoms with Gasteiger partial charge in [0.05, 0.1) is 0 Å². The summed E-state index contributed by atoms with van der Waals surface area (Å²) in [6.45, 7) is 0. The van der Waals surface area contributed by atoms with Crippen LogP contribution in [0.5, 0.6) is 0 Å². The van der Waals surface area contributed by atoms with Gasteiger partial charge in [0, 0.05) is 16.7 Å². The van der Waals surface area contributed by atoms with Crippen LogP contribution in [0.2, 0.25) is 0 Å². The van der Waals surface area contributed by atoms with E-state index in [-0.39, 0.29) is 22.3 Å². The average Bonchev–Trinajstić information content (AvgIpc) is 2.72. The van der Waals surface area contributed by atoms with Crippen LogP contribution in [0.1, 0.15) is 26.3 Å². The Bertz CT molecular complexity index is 678. The molecule has 2 aromatic carbocycles. The standard InChI is InChI=1S/C16H9FO2/c17-14(10-6-2-1-3-7-10)13-15(18)11-8-4-5-9-12(11)16(13)19/h1-9H. The highest BCUT2D eigenvalue weighted by molar-refractivity contribution is 6.41. The molecule has 3 heteroatoms. The normalized spacial score (nSPS) is 13.6. The van der Waals surface area contributed by atoms with Crippen molar-refractivity contribution >= 4 is 17.4 Å². The van der Waals surface area contributed by atoms with Crippen LogP contribution in [0.3, 0.4) is 0 Å². The van der Waals surface area contributed by atoms with Gasteiger partial charge in [-0.15, -0.1) is 0 Å². The SMILES string of the molecule is O=C1C(=C(F)c2ccccc2)C(=O)c2ccccc21. The second-order valence-electron chi connectivity index (χ2n) is 4.26. The van der Waals surface area contributed by atoms with E-state index in [4.69, 9.17) is 0 Å². The lowest BCUT2D eigenvalue weighted by Gasteiger charge is -2.00. The van der Waals surface area contributed by atoms with Gasteiger partial charge in [0.2, 0.25) is 11.6 Å². The molecule has 0 unspecified atom stereocenters. The Balaban J connectivity index is 2.19. The lowest BCUT2D eigenvalue weighted by molar-refractivity contribution is 0.0988. The molecule has 0 radical (unpaired) electrons. The third kappa shape index (κ3) is 1.71. The number of hydrogen-bond donors (Lipinski definition) is 0. The summed E-state index contributed by atoms with van der Waals surface area (Å²) in [6.07, 6.45) is 0. The molecule has 0 amide bonds. The highest BCUT2D eigenvalue weighted by Crippen LogP contribution is 2.32. The molecule has 0 aliphatic heterocycles. The second-order valence-corrected chi connectivity index (χ2v) is 4.26. The van der Waals surface area contributed by atoms with E-state index in [2.05, 4.69) is 0 Å². The minimum atomic E-state index is -0.758. The van der Waals surface area contributed by atoms with Crippen LogP contribution >= 0.6 is 0 Å². The molecule has 0 spiro atoms. The van der Waals surface area contributed by atoms with Crippen molar-refractivity contribution in [2.24, 2.45) is 0 Å². The summed E-state index contributed by atoms with van der Waals surface area (Å²) in [7, 11) is 0. The summed E-state index contributed by atoms with van der Waals surface area (Å²) in [6, 6.07) is 14.5. The molecule has 0 fully saturated rings. The van der Waals surface area contributed by atoms with Crippen molar-refractivity contribution in [3.8, 4) is 0 Å². The molecule has 0 saturated carbocycles. The Kier molecular flexibility index (Phi) is 2.60. The Morgan fingerprint density at radius 3 is 1.74 bits per heavy atom. The number of rotatable bonds is 1. The highest BCUT2D eigenvalue weighted by Gasteiger charge is 2.35. The van der Waals surface area contributed by atoms with Crippen LogP contribution in [0, 0.1) is 0 Å². The van der Waals surface area contributed by atoms with Gasteiger partial charge in [-0.05, 0) is 0 Å². The Hall–Kier alpha value is -2.55. The number of carbonyl (C=O) groups excluding carboxylic acids is 2. The minimum Gasteiger partial charge on any atom is -0.288 e. The van der Waals surface area contributed by atoms with Crippen LogP contribution in [0.15, 0.2) is 60.2 Å². The molecule has 0 atom stereocenters. The molecule has 1 aliphatic carbocycles. The molecule has 0 bridgehead atoms. The van der Waals surface area contributed by atoms with Gasteiger partial charge in [0.15, 0.2) is 0 Å². The van der Waals surface area contributed by atoms with Crippen molar-refractivity contribution < 1.29 is 14.0 Å². The van der Waals surface area contributed by atoms with Crippen molar-refractivity contribution in [1.29, 1.82) is 0 Å². The summed E-state index contributed by atoms with van der Waals surface area (Å²) in [5, 5.41) is 0. The number of allylic oxidation sites excluding steroid dienone is 1. The molecule has 3 rings (SSSR count). The van der Waals surface area contributed by atoms with E-state index >= 15 is 0 Å². The maximum atomic E-state index is 14.3. The van der Waals surface area contributed by atoms with Crippen molar-refractivity contribution in [1.82, 2.24) is 0 Å². The van der Waals surface area contributed by atoms with Crippen molar-refractivity contribution in [2.45, 2.75) is 0 Å². The van der Waals surface area contributed by atoms with E-state index in [1.54, 1.807) is 42.5 Å². The first-order valence-electron chi connectivity index (χ1n) is 5.84. The predicted octanol–water partition coefficient (Wildman–Crippen LogP) is 3.45. The zero-order chi connectivity index (χ0) is 13.4. The van der Waals surface area contributed by atoms with Crippen molar-refractivity contribution in [2.75, 3.05) is 0 Å². The number of ketones is 2. The molecular weight excluding hydrogens is 243 g/mol. The first-order chi connectivity index (χ1) is 9.20. The van der Waals surface area contributed by atoms with Gasteiger partial charge in [0.1, 0.15) is 11.4 Å². The van der Waals surface area contributed by atoms with E-state index in [0.717, 1.165) is 0 Å². The highest BCUT2D eigenvalue weighted by atomic mass is 19.1. The van der Waals surface area contributed by atoms with Gasteiger partial charge < -0.3 is 0 Å². The Morgan fingerprint density at radius 2 is 1.21 bits per heavy atom. The monoisotopic (exact) mass is 252 g/mol. The first kappa shape index (κ1) is 11.5. The molecule has 19 heavy (non-hydrogen) atoms. The molecule has 92 valence electrons. The van der Waals surface area contributed by atoms with Gasteiger partial charge in [-0.2, -0.15) is 0 Å². The third-order valence-corrected chi connectivity index (χ3v) is 3.12. The summed E-state index contributed by atoms with van der Waals surface area (Å²) in [5.74, 6) is -1.84. The van der Waals surface area contributed by atoms with E-state index < -0.39 is 17.4 Å². The first-order valence-corrected chi connectivity index (χ1v) is 5.84. The third-order valence-electron chi connectivity index (χ3n) is 3.12. The van der Waals surface area contributed by atoms with Crippen LogP contribution in [0.25, 0.3) is 5.83 Å². The number of carbonyl (C=O) groups is 2. The Labute approximate surface area is 109 Å². The van der Waals surface area contributed by atoms with E-state index in [1.165, 1.54) is 12.1 Å². The second kappa shape index (κ2) is 4.28. The zero-order valence-electron chi connectivity index (χ0n) is 9.89. The molecule has 0 saturated heterocycles. The van der Waals surface area contributed by atoms with Crippen molar-refractivity contribution in [3.05, 3.63) is 76.9 Å². The largest absolute Gasteiger partial charge is 0.288 e. The summed E-state index contributed by atoms with van der Waals surface area (Å²) in [5.41, 5.74) is 0.418. The number of fused-ring (bicyclic) bond motifs is 1. The topological polar surface area (TPSA) is 34.1 Å². The predicted molar refractivity (Wildman–Crippen MR) is 69.6 cm³/mol. The number of benzene rings is 2. The lowest BCUT2D eigenvalue weighted by Crippen LogP contribution is -2.03. The van der Waals surface area contributed by atoms with Gasteiger partial charge >= 0.3 is 0 Å². The molecule has 1 aliphatic rings. The molecular formula is C16H9FO2. The molecule has 0 aromatic heterocycles. The Morgan fingerprint density at radius 1 is 0.737 bits per heavy atom. The summed E-state index contributed by atoms with van der Waals surface area (Å²) < 4.78 is 14.3. The van der Waals surface area contributed by atoms with Crippen LogP contribution < -0.4 is 0 Å². The van der Waals surface area contributed by atoms with Gasteiger partial charge in [-0.25, -0.2) is 4.39 Å². The lowest BCUT2D eigenvalue weighted by atomic mass is 10.1. The van der Waals surface area contributed by atoms with Crippen LogP contribution in [0.4, 0.5) is 4.39 Å². The zero-order valence-corrected chi connectivity index (χ0v) is 9.89. The molecule has 0 N–H and O–H groups in total. The molecule has 0 heterocycles. The van der Waals surface area contributed by atoms with E-state index in [9.17, 15) is 14.0 Å². The number of halogens is 1. The average molecular weight is 252 g/mol. The van der Waals surface area contributed by atoms with Crippen LogP contribution in [-0.2, 0) is 0 Å². The fourth-order valence-electron chi connectivity index (χ4n) is 2.18. The van der Waals surface area contributed by atoms with Crippen molar-refractivity contribution in [3.63, 3.8) is 0 Å². The summed E-state index contributed by atoms with van der Waals surface area (Å²) >= 11 is 0. The number of hydrogen-bond acceptors (Lipinski definition) is 2. The maximum Gasteiger partial charge on any atom is 0.200 e. The summed E-state index contributed by atoms with van der Waals surface area (Å²) in [4.78, 5) is 24.2. The van der Waals surface area contributed by atoms with Gasteiger partial charge in [-0.1, -0.05) is 54.6 Å². The van der Waals surface area contributed by atoms with E-state index in [0.29, 0.717) is 0 Å². The van der Waals surface area contributed by atoms with Gasteiger partial charge in [-0.3, -0.25) is 9.59 Å². The molecule has 2 nitrogen and oxygen atoms in total. The smallest absolute Gasteiger partial charge is 0.200 e. The quantitative estimate of drug-likeness (QED) is 0.575. The fraction of sp³-hybridized carbons (Fsp3) is 0. The van der Waals surface area contributed by atoms with Crippen LogP contribution in [-0.4, -0.2) is 11.6 Å². The minimum absolute atomic E-state index is 0.243. The van der Waals surface area contributed by atoms with Gasteiger partial charge in [0.25, 0.3) is 0 Å². The fourth-order valence-corrected chi connectivity index (χ4v) is 2.18. The molecule has 2 aromatic rings.